The first kappa shape index (κ1) is 13.0. The third-order valence-electron chi connectivity index (χ3n) is 2.43. The van der Waals surface area contributed by atoms with Gasteiger partial charge in [0.2, 0.25) is 5.91 Å². The van der Waals surface area contributed by atoms with E-state index in [-0.39, 0.29) is 19.0 Å². The highest BCUT2D eigenvalue weighted by molar-refractivity contribution is 5.94. The second-order valence-corrected chi connectivity index (χ2v) is 3.45. The summed E-state index contributed by atoms with van der Waals surface area (Å²) >= 11 is 0. The van der Waals surface area contributed by atoms with E-state index in [1.165, 1.54) is 16.9 Å². The average Bonchev–Trinajstić information content (AvgIpc) is 2.35. The zero-order valence-electron chi connectivity index (χ0n) is 9.46. The molecule has 1 aliphatic rings. The molecule has 7 heteroatoms. The van der Waals surface area contributed by atoms with Crippen molar-refractivity contribution >= 4 is 18.0 Å². The molecule has 2 amide bonds. The zero-order chi connectivity index (χ0) is 12.8. The molecule has 0 atom stereocenters. The van der Waals surface area contributed by atoms with Crippen LogP contribution in [0.3, 0.4) is 0 Å². The van der Waals surface area contributed by atoms with Gasteiger partial charge in [-0.15, -0.1) is 0 Å². The Balaban J connectivity index is 2.43. The molecule has 17 heavy (non-hydrogen) atoms. The third-order valence-corrected chi connectivity index (χ3v) is 2.43. The maximum absolute atomic E-state index is 11.6. The van der Waals surface area contributed by atoms with E-state index < -0.39 is 12.1 Å². The molecule has 1 heterocycles. The minimum atomic E-state index is -0.984. The van der Waals surface area contributed by atoms with E-state index in [0.717, 1.165) is 12.2 Å². The highest BCUT2D eigenvalue weighted by atomic mass is 16.5. The predicted octanol–water partition coefficient (Wildman–Crippen LogP) is -0.462. The van der Waals surface area contributed by atoms with Crippen LogP contribution in [-0.2, 0) is 14.3 Å². The fourth-order valence-corrected chi connectivity index (χ4v) is 1.43. The van der Waals surface area contributed by atoms with Gasteiger partial charge in [-0.3, -0.25) is 4.79 Å². The Kier molecular flexibility index (Phi) is 4.50. The summed E-state index contributed by atoms with van der Waals surface area (Å²) in [4.78, 5) is 35.7. The van der Waals surface area contributed by atoms with Crippen molar-refractivity contribution in [2.75, 3.05) is 33.3 Å². The molecular weight excluding hydrogens is 228 g/mol. The number of nitrogens with zero attached hydrogens (tertiary/aromatic N) is 2. The van der Waals surface area contributed by atoms with Crippen molar-refractivity contribution in [2.24, 2.45) is 0 Å². The van der Waals surface area contributed by atoms with Crippen LogP contribution in [0.5, 0.6) is 0 Å². The van der Waals surface area contributed by atoms with E-state index in [1.807, 2.05) is 0 Å². The van der Waals surface area contributed by atoms with Crippen LogP contribution < -0.4 is 0 Å². The van der Waals surface area contributed by atoms with Gasteiger partial charge in [0, 0.05) is 38.3 Å². The second-order valence-electron chi connectivity index (χ2n) is 3.45. The van der Waals surface area contributed by atoms with Crippen molar-refractivity contribution in [1.82, 2.24) is 9.80 Å². The summed E-state index contributed by atoms with van der Waals surface area (Å²) < 4.78 is 4.35. The van der Waals surface area contributed by atoms with Gasteiger partial charge in [-0.1, -0.05) is 0 Å². The van der Waals surface area contributed by atoms with Gasteiger partial charge in [0.1, 0.15) is 0 Å². The first-order valence-electron chi connectivity index (χ1n) is 5.07. The highest BCUT2D eigenvalue weighted by Crippen LogP contribution is 2.02. The van der Waals surface area contributed by atoms with E-state index in [1.54, 1.807) is 0 Å². The van der Waals surface area contributed by atoms with Crippen molar-refractivity contribution in [3.8, 4) is 0 Å². The second kappa shape index (κ2) is 5.88. The summed E-state index contributed by atoms with van der Waals surface area (Å²) in [5.74, 6) is -0.914. The molecule has 0 saturated carbocycles. The molecule has 1 saturated heterocycles. The quantitative estimate of drug-likeness (QED) is 0.523. The fraction of sp³-hybridized carbons (Fsp3) is 0.500. The summed E-state index contributed by atoms with van der Waals surface area (Å²) in [6.45, 7) is 1.23. The van der Waals surface area contributed by atoms with Crippen LogP contribution in [0.25, 0.3) is 0 Å². The number of amides is 2. The molecule has 0 unspecified atom stereocenters. The highest BCUT2D eigenvalue weighted by Gasteiger charge is 2.22. The molecule has 7 nitrogen and oxygen atoms in total. The lowest BCUT2D eigenvalue weighted by Crippen LogP contribution is -2.49. The molecule has 0 bridgehead atoms. The number of ether oxygens (including phenoxy) is 1. The van der Waals surface area contributed by atoms with Crippen molar-refractivity contribution < 1.29 is 24.2 Å². The number of methoxy groups -OCH3 is 1. The molecule has 0 aromatic carbocycles. The number of carboxylic acid groups (broad SMARTS) is 1. The largest absolute Gasteiger partial charge is 0.466 e. The van der Waals surface area contributed by atoms with Crippen LogP contribution in [0.15, 0.2) is 12.2 Å². The topological polar surface area (TPSA) is 87.2 Å². The smallest absolute Gasteiger partial charge is 0.407 e. The van der Waals surface area contributed by atoms with Gasteiger partial charge in [-0.25, -0.2) is 9.59 Å². The lowest BCUT2D eigenvalue weighted by Gasteiger charge is -2.32. The Bertz CT molecular complexity index is 345. The van der Waals surface area contributed by atoms with Gasteiger partial charge in [0.15, 0.2) is 0 Å². The van der Waals surface area contributed by atoms with Crippen molar-refractivity contribution in [3.05, 3.63) is 12.2 Å². The normalized spacial score (nSPS) is 16.1. The predicted molar refractivity (Wildman–Crippen MR) is 57.3 cm³/mol. The lowest BCUT2D eigenvalue weighted by molar-refractivity contribution is -0.135. The SMILES string of the molecule is COC(=O)C=CC(=O)N1CCN(C(=O)O)CC1. The van der Waals surface area contributed by atoms with Crippen LogP contribution >= 0.6 is 0 Å². The molecule has 1 aliphatic heterocycles. The van der Waals surface area contributed by atoms with E-state index in [9.17, 15) is 14.4 Å². The number of esters is 1. The standard InChI is InChI=1S/C10H14N2O5/c1-17-9(14)3-2-8(13)11-4-6-12(7-5-11)10(15)16/h2-3H,4-7H2,1H3,(H,15,16). The maximum atomic E-state index is 11.6. The van der Waals surface area contributed by atoms with Gasteiger partial charge in [-0.05, 0) is 0 Å². The molecular formula is C10H14N2O5. The summed E-state index contributed by atoms with van der Waals surface area (Å²) in [5.41, 5.74) is 0. The van der Waals surface area contributed by atoms with Crippen LogP contribution in [0.4, 0.5) is 4.79 Å². The van der Waals surface area contributed by atoms with Gasteiger partial charge < -0.3 is 19.6 Å². The Morgan fingerprint density at radius 2 is 1.59 bits per heavy atom. The van der Waals surface area contributed by atoms with Crippen molar-refractivity contribution in [3.63, 3.8) is 0 Å². The van der Waals surface area contributed by atoms with Crippen LogP contribution in [0.2, 0.25) is 0 Å². The van der Waals surface area contributed by atoms with E-state index in [0.29, 0.717) is 13.1 Å². The van der Waals surface area contributed by atoms with E-state index in [4.69, 9.17) is 5.11 Å². The Morgan fingerprint density at radius 3 is 2.06 bits per heavy atom. The molecule has 0 radical (unpaired) electrons. The molecule has 0 aromatic rings. The molecule has 1 N–H and O–H groups in total. The summed E-state index contributed by atoms with van der Waals surface area (Å²) in [6.07, 6.45) is 1.19. The molecule has 0 spiro atoms. The molecule has 1 rings (SSSR count). The summed E-state index contributed by atoms with van der Waals surface area (Å²) in [6, 6.07) is 0. The van der Waals surface area contributed by atoms with Gasteiger partial charge in [-0.2, -0.15) is 0 Å². The average molecular weight is 242 g/mol. The molecule has 0 aliphatic carbocycles. The minimum Gasteiger partial charge on any atom is -0.466 e. The zero-order valence-corrected chi connectivity index (χ0v) is 9.46. The molecule has 94 valence electrons. The Labute approximate surface area is 98.2 Å². The number of hydrogen-bond acceptors (Lipinski definition) is 4. The number of carbonyl (C=O) groups excluding carboxylic acids is 2. The minimum absolute atomic E-state index is 0.285. The molecule has 1 fully saturated rings. The number of piperazine rings is 1. The van der Waals surface area contributed by atoms with E-state index in [2.05, 4.69) is 4.74 Å². The molecule has 0 aromatic heterocycles. The van der Waals surface area contributed by atoms with Gasteiger partial charge in [0.25, 0.3) is 0 Å². The fourth-order valence-electron chi connectivity index (χ4n) is 1.43. The Morgan fingerprint density at radius 1 is 1.06 bits per heavy atom. The Hall–Kier alpha value is -2.05. The summed E-state index contributed by atoms with van der Waals surface area (Å²) in [5, 5.41) is 8.72. The summed E-state index contributed by atoms with van der Waals surface area (Å²) in [7, 11) is 1.22. The number of hydrogen-bond donors (Lipinski definition) is 1. The first-order chi connectivity index (χ1) is 8.04. The van der Waals surface area contributed by atoms with Crippen LogP contribution in [0, 0.1) is 0 Å². The van der Waals surface area contributed by atoms with Gasteiger partial charge >= 0.3 is 12.1 Å². The monoisotopic (exact) mass is 242 g/mol. The third kappa shape index (κ3) is 3.78. The van der Waals surface area contributed by atoms with Crippen molar-refractivity contribution in [2.45, 2.75) is 0 Å². The van der Waals surface area contributed by atoms with Crippen LogP contribution in [-0.4, -0.2) is 66.2 Å². The number of carbonyl (C=O) groups is 3. The lowest BCUT2D eigenvalue weighted by atomic mass is 10.3. The first-order valence-corrected chi connectivity index (χ1v) is 5.07. The van der Waals surface area contributed by atoms with Gasteiger partial charge in [0.05, 0.1) is 7.11 Å². The van der Waals surface area contributed by atoms with E-state index >= 15 is 0 Å². The number of rotatable bonds is 2. The maximum Gasteiger partial charge on any atom is 0.407 e. The van der Waals surface area contributed by atoms with Crippen molar-refractivity contribution in [1.29, 1.82) is 0 Å². The van der Waals surface area contributed by atoms with Crippen LogP contribution in [0.1, 0.15) is 0 Å².